The van der Waals surface area contributed by atoms with Crippen LogP contribution in [-0.2, 0) is 21.7 Å². The van der Waals surface area contributed by atoms with E-state index in [4.69, 9.17) is 4.52 Å². The van der Waals surface area contributed by atoms with E-state index in [0.29, 0.717) is 0 Å². The molecule has 4 aromatic rings. The molecule has 0 saturated heterocycles. The molecule has 0 radical (unpaired) electrons. The minimum Gasteiger partial charge on any atom is -0.361 e. The zero-order valence-corrected chi connectivity index (χ0v) is 25.7. The molecule has 0 fully saturated rings. The number of hydrogen-bond acceptors (Lipinski definition) is 6. The van der Waals surface area contributed by atoms with Crippen molar-refractivity contribution in [2.75, 3.05) is 0 Å². The van der Waals surface area contributed by atoms with E-state index in [1.807, 2.05) is 30.7 Å². The van der Waals surface area contributed by atoms with Crippen molar-refractivity contribution in [2.45, 2.75) is 105 Å². The Balaban J connectivity index is 0.000000247. The second-order valence-corrected chi connectivity index (χ2v) is 13.8. The van der Waals surface area contributed by atoms with Gasteiger partial charge in [0.1, 0.15) is 5.76 Å². The second-order valence-electron chi connectivity index (χ2n) is 13.0. The van der Waals surface area contributed by atoms with Gasteiger partial charge in [0, 0.05) is 52.3 Å². The Kier molecular flexibility index (Phi) is 11.9. The molecule has 0 aliphatic heterocycles. The summed E-state index contributed by atoms with van der Waals surface area (Å²) in [5, 5.41) is 10.4. The van der Waals surface area contributed by atoms with E-state index >= 15 is 0 Å². The van der Waals surface area contributed by atoms with Gasteiger partial charge in [0.2, 0.25) is 0 Å². The quantitative estimate of drug-likeness (QED) is 0.249. The number of pyridine rings is 1. The van der Waals surface area contributed by atoms with Crippen molar-refractivity contribution in [3.05, 3.63) is 83.2 Å². The molecule has 37 heavy (non-hydrogen) atoms. The molecule has 7 heteroatoms. The lowest BCUT2D eigenvalue weighted by Gasteiger charge is -2.17. The maximum Gasteiger partial charge on any atom is 0.142 e. The smallest absolute Gasteiger partial charge is 0.142 e. The number of hydrogen-bond donors (Lipinski definition) is 1. The first-order valence-electron chi connectivity index (χ1n) is 12.6. The molecule has 0 aliphatic carbocycles. The van der Waals surface area contributed by atoms with Gasteiger partial charge in [0.25, 0.3) is 0 Å². The molecule has 0 spiro atoms. The SMILES string of the molecule is CC(C)(C)c1ccn[nH]1.CC(C)(C)c1ccncc1.CC(C)(C)c1ccno1.CC(C)(C)c1ccns1. The molecule has 0 aliphatic rings. The summed E-state index contributed by atoms with van der Waals surface area (Å²) in [5.74, 6) is 0.933. The fraction of sp³-hybridized carbons (Fsp3) is 0.533. The summed E-state index contributed by atoms with van der Waals surface area (Å²) in [7, 11) is 0. The van der Waals surface area contributed by atoms with Crippen LogP contribution in [0, 0.1) is 0 Å². The molecular weight excluding hydrogens is 478 g/mol. The van der Waals surface area contributed by atoms with Crippen molar-refractivity contribution < 1.29 is 4.52 Å². The van der Waals surface area contributed by atoms with Crippen molar-refractivity contribution in [3.63, 3.8) is 0 Å². The summed E-state index contributed by atoms with van der Waals surface area (Å²) in [4.78, 5) is 5.31. The third-order valence-electron chi connectivity index (χ3n) is 5.21. The predicted octanol–water partition coefficient (Wildman–Crippen LogP) is 8.50. The van der Waals surface area contributed by atoms with E-state index in [9.17, 15) is 0 Å². The first-order chi connectivity index (χ1) is 16.9. The Morgan fingerprint density at radius 2 is 1.24 bits per heavy atom. The summed E-state index contributed by atoms with van der Waals surface area (Å²) in [5.41, 5.74) is 3.35. The van der Waals surface area contributed by atoms with E-state index in [-0.39, 0.29) is 21.7 Å². The van der Waals surface area contributed by atoms with Crippen LogP contribution < -0.4 is 0 Å². The molecule has 204 valence electrons. The van der Waals surface area contributed by atoms with Crippen LogP contribution >= 0.6 is 11.5 Å². The lowest BCUT2D eigenvalue weighted by molar-refractivity contribution is 0.329. The fourth-order valence-corrected chi connectivity index (χ4v) is 3.36. The van der Waals surface area contributed by atoms with Crippen molar-refractivity contribution in [1.82, 2.24) is 24.7 Å². The van der Waals surface area contributed by atoms with Crippen LogP contribution in [0.25, 0.3) is 0 Å². The summed E-state index contributed by atoms with van der Waals surface area (Å²) < 4.78 is 8.98. The minimum atomic E-state index is 0.0938. The average molecular weight is 526 g/mol. The highest BCUT2D eigenvalue weighted by Gasteiger charge is 2.17. The Morgan fingerprint density at radius 3 is 1.49 bits per heavy atom. The highest BCUT2D eigenvalue weighted by Crippen LogP contribution is 2.24. The van der Waals surface area contributed by atoms with Crippen molar-refractivity contribution in [1.29, 1.82) is 0 Å². The maximum atomic E-state index is 4.95. The molecule has 4 aromatic heterocycles. The first kappa shape index (κ1) is 32.2. The van der Waals surface area contributed by atoms with E-state index < -0.39 is 0 Å². The van der Waals surface area contributed by atoms with Gasteiger partial charge in [-0.15, -0.1) is 0 Å². The van der Waals surface area contributed by atoms with Crippen molar-refractivity contribution in [2.24, 2.45) is 0 Å². The van der Waals surface area contributed by atoms with Crippen LogP contribution in [0.4, 0.5) is 0 Å². The van der Waals surface area contributed by atoms with Crippen LogP contribution in [-0.4, -0.2) is 24.7 Å². The van der Waals surface area contributed by atoms with Gasteiger partial charge in [0.15, 0.2) is 0 Å². The Labute approximate surface area is 228 Å². The molecule has 0 bridgehead atoms. The average Bonchev–Trinajstić information content (AvgIpc) is 3.58. The van der Waals surface area contributed by atoms with E-state index in [1.54, 1.807) is 23.9 Å². The molecule has 0 aromatic carbocycles. The number of aromatic nitrogens is 5. The van der Waals surface area contributed by atoms with Gasteiger partial charge in [-0.3, -0.25) is 10.1 Å². The lowest BCUT2D eigenvalue weighted by atomic mass is 9.88. The number of nitrogens with one attached hydrogen (secondary N) is 1. The number of nitrogens with zero attached hydrogens (tertiary/aromatic N) is 4. The van der Waals surface area contributed by atoms with Crippen LogP contribution in [0.15, 0.2) is 65.8 Å². The highest BCUT2D eigenvalue weighted by atomic mass is 32.1. The first-order valence-corrected chi connectivity index (χ1v) is 13.4. The van der Waals surface area contributed by atoms with Crippen LogP contribution in [0.5, 0.6) is 0 Å². The maximum absolute atomic E-state index is 4.95. The third-order valence-corrected chi connectivity index (χ3v) is 6.38. The summed E-state index contributed by atoms with van der Waals surface area (Å²) in [6.07, 6.45) is 8.97. The predicted molar refractivity (Wildman–Crippen MR) is 156 cm³/mol. The van der Waals surface area contributed by atoms with Gasteiger partial charge in [-0.05, 0) is 52.2 Å². The highest BCUT2D eigenvalue weighted by molar-refractivity contribution is 7.05. The molecule has 4 rings (SSSR count). The van der Waals surface area contributed by atoms with Gasteiger partial charge >= 0.3 is 0 Å². The Bertz CT molecular complexity index is 971. The topological polar surface area (TPSA) is 80.5 Å². The van der Waals surface area contributed by atoms with Crippen LogP contribution in [0.2, 0.25) is 0 Å². The van der Waals surface area contributed by atoms with E-state index in [1.165, 1.54) is 16.1 Å². The fourth-order valence-electron chi connectivity index (χ4n) is 2.73. The number of H-pyrrole nitrogens is 1. The van der Waals surface area contributed by atoms with Gasteiger partial charge in [0.05, 0.1) is 6.20 Å². The van der Waals surface area contributed by atoms with E-state index in [0.717, 1.165) is 5.76 Å². The molecule has 0 saturated carbocycles. The Morgan fingerprint density at radius 1 is 0.622 bits per heavy atom. The molecular formula is C30H47N5OS. The van der Waals surface area contributed by atoms with Gasteiger partial charge in [-0.2, -0.15) is 5.10 Å². The zero-order chi connectivity index (χ0) is 28.3. The standard InChI is InChI=1S/C9H13N.C7H12N2.C7H11NO.C7H11NS/c1-9(2,3)8-4-6-10-7-5-8;3*1-7(2,3)6-4-5-8-9-6/h4-7H,1-3H3;4-5H,1-3H3,(H,8,9);2*4-5H,1-3H3. The second kappa shape index (κ2) is 13.7. The zero-order valence-electron chi connectivity index (χ0n) is 24.9. The van der Waals surface area contributed by atoms with Gasteiger partial charge in [-0.25, -0.2) is 4.37 Å². The third kappa shape index (κ3) is 12.8. The van der Waals surface area contributed by atoms with Crippen LogP contribution in [0.1, 0.15) is 105 Å². The Hall–Kier alpha value is -2.80. The van der Waals surface area contributed by atoms with Gasteiger partial charge < -0.3 is 4.52 Å². The summed E-state index contributed by atoms with van der Waals surface area (Å²) in [6, 6.07) is 10.1. The summed E-state index contributed by atoms with van der Waals surface area (Å²) >= 11 is 1.58. The van der Waals surface area contributed by atoms with Gasteiger partial charge in [-0.1, -0.05) is 88.2 Å². The van der Waals surface area contributed by atoms with Crippen LogP contribution in [0.3, 0.4) is 0 Å². The minimum absolute atomic E-state index is 0.0938. The molecule has 4 heterocycles. The number of rotatable bonds is 0. The summed E-state index contributed by atoms with van der Waals surface area (Å²) in [6.45, 7) is 25.9. The lowest BCUT2D eigenvalue weighted by Crippen LogP contribution is -2.11. The van der Waals surface area contributed by atoms with Crippen molar-refractivity contribution in [3.8, 4) is 0 Å². The number of aromatic amines is 1. The largest absolute Gasteiger partial charge is 0.361 e. The van der Waals surface area contributed by atoms with Crippen molar-refractivity contribution >= 4 is 11.5 Å². The molecule has 0 atom stereocenters. The van der Waals surface area contributed by atoms with E-state index in [2.05, 4.69) is 126 Å². The normalized spacial score (nSPS) is 11.8. The molecule has 1 N–H and O–H groups in total. The molecule has 6 nitrogen and oxygen atoms in total. The monoisotopic (exact) mass is 525 g/mol. The molecule has 0 unspecified atom stereocenters. The molecule has 0 amide bonds.